The molecule has 0 unspecified atom stereocenters. The van der Waals surface area contributed by atoms with Crippen molar-refractivity contribution < 1.29 is 17.6 Å². The number of carbonyl (C=O) groups excluding carboxylic acids is 1. The first kappa shape index (κ1) is 17.6. The first-order valence-corrected chi connectivity index (χ1v) is 9.94. The summed E-state index contributed by atoms with van der Waals surface area (Å²) in [5, 5.41) is 0. The molecule has 1 amide bonds. The van der Waals surface area contributed by atoms with Gasteiger partial charge in [0.25, 0.3) is 0 Å². The lowest BCUT2D eigenvalue weighted by Gasteiger charge is -2.33. The SMILES string of the molecule is Cc1oc(-c2ccccc2)nc1CC(=O)N1CCN(S(C)(=O)=O)CC1. The van der Waals surface area contributed by atoms with Gasteiger partial charge in [-0.25, -0.2) is 13.4 Å². The molecule has 1 fully saturated rings. The van der Waals surface area contributed by atoms with E-state index < -0.39 is 10.0 Å². The van der Waals surface area contributed by atoms with Gasteiger partial charge in [0.1, 0.15) is 5.76 Å². The molecule has 0 aliphatic carbocycles. The molecule has 25 heavy (non-hydrogen) atoms. The summed E-state index contributed by atoms with van der Waals surface area (Å²) in [5.41, 5.74) is 1.49. The van der Waals surface area contributed by atoms with Crippen LogP contribution in [-0.2, 0) is 21.2 Å². The largest absolute Gasteiger partial charge is 0.441 e. The van der Waals surface area contributed by atoms with Crippen LogP contribution in [0.5, 0.6) is 0 Å². The van der Waals surface area contributed by atoms with Crippen LogP contribution in [0.15, 0.2) is 34.7 Å². The number of oxazole rings is 1. The zero-order valence-electron chi connectivity index (χ0n) is 14.3. The normalized spacial score (nSPS) is 16.2. The molecule has 3 rings (SSSR count). The highest BCUT2D eigenvalue weighted by Gasteiger charge is 2.27. The van der Waals surface area contributed by atoms with E-state index in [1.165, 1.54) is 10.6 Å². The number of carbonyl (C=O) groups is 1. The maximum absolute atomic E-state index is 12.5. The van der Waals surface area contributed by atoms with Crippen molar-refractivity contribution in [3.63, 3.8) is 0 Å². The molecule has 8 heteroatoms. The average Bonchev–Trinajstić information content (AvgIpc) is 2.96. The maximum Gasteiger partial charge on any atom is 0.228 e. The summed E-state index contributed by atoms with van der Waals surface area (Å²) in [7, 11) is -3.20. The van der Waals surface area contributed by atoms with E-state index in [0.717, 1.165) is 5.56 Å². The summed E-state index contributed by atoms with van der Waals surface area (Å²) < 4.78 is 30.1. The van der Waals surface area contributed by atoms with Gasteiger partial charge in [0.05, 0.1) is 18.4 Å². The minimum Gasteiger partial charge on any atom is -0.441 e. The molecule has 134 valence electrons. The zero-order valence-corrected chi connectivity index (χ0v) is 15.1. The fourth-order valence-electron chi connectivity index (χ4n) is 2.82. The number of rotatable bonds is 4. The lowest BCUT2D eigenvalue weighted by Crippen LogP contribution is -2.50. The van der Waals surface area contributed by atoms with Crippen LogP contribution < -0.4 is 0 Å². The summed E-state index contributed by atoms with van der Waals surface area (Å²) in [4.78, 5) is 18.6. The highest BCUT2D eigenvalue weighted by atomic mass is 32.2. The van der Waals surface area contributed by atoms with Gasteiger partial charge in [-0.2, -0.15) is 4.31 Å². The van der Waals surface area contributed by atoms with Crippen LogP contribution in [0.2, 0.25) is 0 Å². The lowest BCUT2D eigenvalue weighted by atomic mass is 10.2. The van der Waals surface area contributed by atoms with Crippen molar-refractivity contribution in [3.8, 4) is 11.5 Å². The second-order valence-corrected chi connectivity index (χ2v) is 8.09. The van der Waals surface area contributed by atoms with Gasteiger partial charge in [-0.3, -0.25) is 4.79 Å². The van der Waals surface area contributed by atoms with Crippen LogP contribution in [0.25, 0.3) is 11.5 Å². The average molecular weight is 363 g/mol. The minimum atomic E-state index is -3.20. The molecule has 0 N–H and O–H groups in total. The number of hydrogen-bond acceptors (Lipinski definition) is 5. The third kappa shape index (κ3) is 4.08. The van der Waals surface area contributed by atoms with E-state index in [1.807, 2.05) is 30.3 Å². The van der Waals surface area contributed by atoms with Crippen molar-refractivity contribution in [2.75, 3.05) is 32.4 Å². The predicted octanol–water partition coefficient (Wildman–Crippen LogP) is 1.30. The van der Waals surface area contributed by atoms with Gasteiger partial charge in [0.2, 0.25) is 21.8 Å². The Kier molecular flexibility index (Phi) is 4.91. The third-order valence-corrected chi connectivity index (χ3v) is 5.60. The highest BCUT2D eigenvalue weighted by Crippen LogP contribution is 2.22. The standard InChI is InChI=1S/C17H21N3O4S/c1-13-15(18-17(24-13)14-6-4-3-5-7-14)12-16(21)19-8-10-20(11-9-19)25(2,22)23/h3-7H,8-12H2,1-2H3. The summed E-state index contributed by atoms with van der Waals surface area (Å²) in [6, 6.07) is 9.53. The van der Waals surface area contributed by atoms with E-state index in [2.05, 4.69) is 4.98 Å². The van der Waals surface area contributed by atoms with Crippen molar-refractivity contribution in [1.29, 1.82) is 0 Å². The Morgan fingerprint density at radius 3 is 2.40 bits per heavy atom. The smallest absolute Gasteiger partial charge is 0.228 e. The zero-order chi connectivity index (χ0) is 18.0. The number of nitrogens with zero attached hydrogens (tertiary/aromatic N) is 3. The number of sulfonamides is 1. The second-order valence-electron chi connectivity index (χ2n) is 6.11. The summed E-state index contributed by atoms with van der Waals surface area (Å²) in [6.45, 7) is 3.25. The number of piperazine rings is 1. The Hall–Kier alpha value is -2.19. The Labute approximate surface area is 147 Å². The van der Waals surface area contributed by atoms with Gasteiger partial charge >= 0.3 is 0 Å². The van der Waals surface area contributed by atoms with E-state index >= 15 is 0 Å². The van der Waals surface area contributed by atoms with E-state index in [0.29, 0.717) is 43.5 Å². The van der Waals surface area contributed by atoms with Crippen LogP contribution in [-0.4, -0.2) is 60.9 Å². The van der Waals surface area contributed by atoms with Gasteiger partial charge in [-0.1, -0.05) is 18.2 Å². The number of benzene rings is 1. The van der Waals surface area contributed by atoms with E-state index in [4.69, 9.17) is 4.42 Å². The van der Waals surface area contributed by atoms with Crippen LogP contribution in [0.1, 0.15) is 11.5 Å². The number of aryl methyl sites for hydroxylation is 1. The Morgan fingerprint density at radius 2 is 1.80 bits per heavy atom. The molecule has 1 saturated heterocycles. The van der Waals surface area contributed by atoms with Crippen LogP contribution >= 0.6 is 0 Å². The Bertz CT molecular complexity index is 853. The number of hydrogen-bond donors (Lipinski definition) is 0. The van der Waals surface area contributed by atoms with Gasteiger partial charge in [-0.15, -0.1) is 0 Å². The van der Waals surface area contributed by atoms with Crippen molar-refractivity contribution in [1.82, 2.24) is 14.2 Å². The molecule has 7 nitrogen and oxygen atoms in total. The summed E-state index contributed by atoms with van der Waals surface area (Å²) in [6.07, 6.45) is 1.34. The number of amides is 1. The van der Waals surface area contributed by atoms with E-state index in [9.17, 15) is 13.2 Å². The topological polar surface area (TPSA) is 83.7 Å². The quantitative estimate of drug-likeness (QED) is 0.817. The fraction of sp³-hybridized carbons (Fsp3) is 0.412. The number of aromatic nitrogens is 1. The van der Waals surface area contributed by atoms with Crippen molar-refractivity contribution in [2.45, 2.75) is 13.3 Å². The molecule has 0 radical (unpaired) electrons. The maximum atomic E-state index is 12.5. The molecule has 1 aliphatic heterocycles. The fourth-order valence-corrected chi connectivity index (χ4v) is 3.65. The predicted molar refractivity (Wildman–Crippen MR) is 93.4 cm³/mol. The Morgan fingerprint density at radius 1 is 1.16 bits per heavy atom. The van der Waals surface area contributed by atoms with Crippen molar-refractivity contribution in [2.24, 2.45) is 0 Å². The van der Waals surface area contributed by atoms with Crippen LogP contribution in [0.4, 0.5) is 0 Å². The van der Waals surface area contributed by atoms with Crippen molar-refractivity contribution >= 4 is 15.9 Å². The third-order valence-electron chi connectivity index (χ3n) is 4.29. The monoisotopic (exact) mass is 363 g/mol. The first-order valence-electron chi connectivity index (χ1n) is 8.09. The van der Waals surface area contributed by atoms with Gasteiger partial charge < -0.3 is 9.32 Å². The van der Waals surface area contributed by atoms with Crippen LogP contribution in [0.3, 0.4) is 0 Å². The van der Waals surface area contributed by atoms with E-state index in [1.54, 1.807) is 11.8 Å². The van der Waals surface area contributed by atoms with Gasteiger partial charge in [0, 0.05) is 31.7 Å². The molecular weight excluding hydrogens is 342 g/mol. The molecule has 1 aliphatic rings. The highest BCUT2D eigenvalue weighted by molar-refractivity contribution is 7.88. The molecule has 2 aromatic rings. The van der Waals surface area contributed by atoms with Gasteiger partial charge in [0.15, 0.2) is 0 Å². The van der Waals surface area contributed by atoms with Crippen LogP contribution in [0, 0.1) is 6.92 Å². The minimum absolute atomic E-state index is 0.0656. The molecule has 0 spiro atoms. The lowest BCUT2D eigenvalue weighted by molar-refractivity contribution is -0.131. The summed E-state index contributed by atoms with van der Waals surface area (Å²) >= 11 is 0. The summed E-state index contributed by atoms with van der Waals surface area (Å²) in [5.74, 6) is 1.06. The Balaban J connectivity index is 1.65. The molecule has 0 bridgehead atoms. The first-order chi connectivity index (χ1) is 11.8. The molecule has 1 aromatic carbocycles. The molecule has 1 aromatic heterocycles. The van der Waals surface area contributed by atoms with Crippen molar-refractivity contribution in [3.05, 3.63) is 41.8 Å². The molecule has 2 heterocycles. The second kappa shape index (κ2) is 6.97. The van der Waals surface area contributed by atoms with E-state index in [-0.39, 0.29) is 12.3 Å². The molecule has 0 atom stereocenters. The van der Waals surface area contributed by atoms with Gasteiger partial charge in [-0.05, 0) is 19.1 Å². The molecular formula is C17H21N3O4S. The molecule has 0 saturated carbocycles.